The summed E-state index contributed by atoms with van der Waals surface area (Å²) in [6.07, 6.45) is 1.90. The number of carbonyl (C=O) groups is 1. The number of rotatable bonds is 6. The Morgan fingerprint density at radius 2 is 1.52 bits per heavy atom. The Bertz CT molecular complexity index is 1270. The van der Waals surface area contributed by atoms with E-state index < -0.39 is 6.04 Å². The van der Waals surface area contributed by atoms with Crippen molar-refractivity contribution >= 4 is 33.0 Å². The van der Waals surface area contributed by atoms with Gasteiger partial charge in [0.15, 0.2) is 0 Å². The van der Waals surface area contributed by atoms with E-state index in [1.807, 2.05) is 97.2 Å². The number of amides is 1. The zero-order valence-electron chi connectivity index (χ0n) is 16.5. The van der Waals surface area contributed by atoms with Gasteiger partial charge < -0.3 is 10.6 Å². The molecule has 152 valence electrons. The van der Waals surface area contributed by atoms with Crippen molar-refractivity contribution < 1.29 is 4.79 Å². The molecule has 0 aliphatic rings. The van der Waals surface area contributed by atoms with Crippen LogP contribution in [-0.2, 0) is 4.79 Å². The lowest BCUT2D eigenvalue weighted by atomic mass is 10.1. The van der Waals surface area contributed by atoms with Gasteiger partial charge >= 0.3 is 0 Å². The summed E-state index contributed by atoms with van der Waals surface area (Å²) in [7, 11) is 0. The molecule has 3 aromatic carbocycles. The molecule has 0 radical (unpaired) electrons. The molecule has 2 N–H and O–H groups in total. The smallest absolute Gasteiger partial charge is 0.251 e. The third kappa shape index (κ3) is 4.17. The zero-order chi connectivity index (χ0) is 21.0. The van der Waals surface area contributed by atoms with Crippen molar-refractivity contribution in [2.45, 2.75) is 6.04 Å². The van der Waals surface area contributed by atoms with Crippen molar-refractivity contribution in [2.75, 3.05) is 10.6 Å². The highest BCUT2D eigenvalue weighted by Gasteiger charge is 2.22. The Morgan fingerprint density at radius 1 is 0.871 bits per heavy atom. The highest BCUT2D eigenvalue weighted by atomic mass is 32.1. The van der Waals surface area contributed by atoms with E-state index in [9.17, 15) is 4.79 Å². The van der Waals surface area contributed by atoms with Crippen LogP contribution in [0.3, 0.4) is 0 Å². The van der Waals surface area contributed by atoms with E-state index in [4.69, 9.17) is 0 Å². The molecule has 31 heavy (non-hydrogen) atoms. The van der Waals surface area contributed by atoms with Crippen LogP contribution < -0.4 is 10.6 Å². The van der Waals surface area contributed by atoms with Crippen molar-refractivity contribution in [3.8, 4) is 11.3 Å². The molecular formula is C24H19N5OS. The molecule has 0 bridgehead atoms. The van der Waals surface area contributed by atoms with Gasteiger partial charge in [-0.25, -0.2) is 9.50 Å². The average molecular weight is 426 g/mol. The van der Waals surface area contributed by atoms with E-state index in [2.05, 4.69) is 20.7 Å². The molecule has 0 spiro atoms. The maximum absolute atomic E-state index is 13.1. The maximum Gasteiger partial charge on any atom is 0.251 e. The minimum absolute atomic E-state index is 0.157. The maximum atomic E-state index is 13.1. The summed E-state index contributed by atoms with van der Waals surface area (Å²) in [5.74, 6) is -0.157. The predicted molar refractivity (Wildman–Crippen MR) is 124 cm³/mol. The van der Waals surface area contributed by atoms with Crippen molar-refractivity contribution in [1.29, 1.82) is 0 Å². The largest absolute Gasteiger partial charge is 0.345 e. The molecule has 0 aliphatic carbocycles. The van der Waals surface area contributed by atoms with E-state index in [1.54, 1.807) is 4.52 Å². The topological polar surface area (TPSA) is 71.3 Å². The Kier molecular flexibility index (Phi) is 5.16. The number of carbonyl (C=O) groups excluding carboxylic acids is 1. The number of imidazole rings is 1. The van der Waals surface area contributed by atoms with E-state index in [1.165, 1.54) is 11.3 Å². The zero-order valence-corrected chi connectivity index (χ0v) is 17.3. The first-order valence-electron chi connectivity index (χ1n) is 9.85. The summed E-state index contributed by atoms with van der Waals surface area (Å²) in [6, 6.07) is 28.4. The molecule has 0 fully saturated rings. The van der Waals surface area contributed by atoms with Gasteiger partial charge in [0.2, 0.25) is 10.1 Å². The molecule has 1 amide bonds. The Balaban J connectivity index is 1.41. The molecule has 5 rings (SSSR count). The highest BCUT2D eigenvalue weighted by Crippen LogP contribution is 2.28. The van der Waals surface area contributed by atoms with Crippen LogP contribution in [-0.4, -0.2) is 20.5 Å². The van der Waals surface area contributed by atoms with Crippen molar-refractivity contribution in [3.63, 3.8) is 0 Å². The summed E-state index contributed by atoms with van der Waals surface area (Å²) in [6.45, 7) is 0. The van der Waals surface area contributed by atoms with E-state index >= 15 is 0 Å². The molecule has 7 heteroatoms. The third-order valence-electron chi connectivity index (χ3n) is 4.82. The van der Waals surface area contributed by atoms with Crippen LogP contribution in [0.4, 0.5) is 10.8 Å². The van der Waals surface area contributed by atoms with Gasteiger partial charge in [-0.2, -0.15) is 0 Å². The fourth-order valence-corrected chi connectivity index (χ4v) is 4.12. The van der Waals surface area contributed by atoms with Gasteiger partial charge in [-0.3, -0.25) is 4.79 Å². The monoisotopic (exact) mass is 425 g/mol. The van der Waals surface area contributed by atoms with E-state index in [0.717, 1.165) is 27.5 Å². The molecule has 0 aliphatic heterocycles. The number of para-hydroxylation sites is 1. The van der Waals surface area contributed by atoms with Crippen LogP contribution >= 0.6 is 11.3 Å². The Morgan fingerprint density at radius 3 is 2.19 bits per heavy atom. The lowest BCUT2D eigenvalue weighted by molar-refractivity contribution is -0.117. The molecule has 1 atom stereocenters. The molecule has 5 aromatic rings. The lowest BCUT2D eigenvalue weighted by Crippen LogP contribution is -2.27. The number of nitrogens with zero attached hydrogens (tertiary/aromatic N) is 3. The van der Waals surface area contributed by atoms with E-state index in [-0.39, 0.29) is 5.91 Å². The van der Waals surface area contributed by atoms with Crippen LogP contribution in [0.25, 0.3) is 16.2 Å². The van der Waals surface area contributed by atoms with Crippen LogP contribution in [0.15, 0.2) is 97.2 Å². The van der Waals surface area contributed by atoms with Gasteiger partial charge in [-0.15, -0.1) is 5.10 Å². The quantitative estimate of drug-likeness (QED) is 0.390. The average Bonchev–Trinajstić information content (AvgIpc) is 3.38. The number of hydrogen-bond donors (Lipinski definition) is 2. The van der Waals surface area contributed by atoms with Crippen LogP contribution in [0.1, 0.15) is 11.6 Å². The summed E-state index contributed by atoms with van der Waals surface area (Å²) >= 11 is 1.41. The number of fused-ring (bicyclic) bond motifs is 1. The third-order valence-corrected chi connectivity index (χ3v) is 5.67. The Labute approximate surface area is 183 Å². The van der Waals surface area contributed by atoms with Gasteiger partial charge in [-0.05, 0) is 17.7 Å². The number of hydrogen-bond acceptors (Lipinski definition) is 5. The van der Waals surface area contributed by atoms with Gasteiger partial charge in [0.1, 0.15) is 6.04 Å². The van der Waals surface area contributed by atoms with Crippen molar-refractivity contribution in [1.82, 2.24) is 14.6 Å². The van der Waals surface area contributed by atoms with Crippen LogP contribution in [0.2, 0.25) is 0 Å². The first-order valence-corrected chi connectivity index (χ1v) is 10.7. The fourth-order valence-electron chi connectivity index (χ4n) is 3.31. The SMILES string of the molecule is O=C(Nc1ccccc1)[C@@H](Nc1nn2cc(-c3ccccc3)nc2s1)c1ccccc1. The van der Waals surface area contributed by atoms with Gasteiger partial charge in [-0.1, -0.05) is 90.2 Å². The number of nitrogens with one attached hydrogen (secondary N) is 2. The minimum Gasteiger partial charge on any atom is -0.345 e. The minimum atomic E-state index is -0.592. The molecule has 0 saturated heterocycles. The summed E-state index contributed by atoms with van der Waals surface area (Å²) < 4.78 is 1.74. The molecule has 0 saturated carbocycles. The first-order chi connectivity index (χ1) is 15.3. The predicted octanol–water partition coefficient (Wildman–Crippen LogP) is 5.25. The normalized spacial score (nSPS) is 11.9. The second kappa shape index (κ2) is 8.41. The van der Waals surface area contributed by atoms with Crippen LogP contribution in [0, 0.1) is 0 Å². The lowest BCUT2D eigenvalue weighted by Gasteiger charge is -2.18. The molecule has 2 aromatic heterocycles. The van der Waals surface area contributed by atoms with Gasteiger partial charge in [0, 0.05) is 11.3 Å². The van der Waals surface area contributed by atoms with Gasteiger partial charge in [0.05, 0.1) is 11.9 Å². The van der Waals surface area contributed by atoms with E-state index in [0.29, 0.717) is 5.13 Å². The van der Waals surface area contributed by atoms with Crippen LogP contribution in [0.5, 0.6) is 0 Å². The number of benzene rings is 3. The summed E-state index contributed by atoms with van der Waals surface area (Å²) in [5.41, 5.74) is 3.51. The number of aromatic nitrogens is 3. The molecule has 2 heterocycles. The summed E-state index contributed by atoms with van der Waals surface area (Å²) in [4.78, 5) is 18.5. The van der Waals surface area contributed by atoms with Gasteiger partial charge in [0.25, 0.3) is 5.91 Å². The molecular weight excluding hydrogens is 406 g/mol. The molecule has 0 unspecified atom stereocenters. The first kappa shape index (κ1) is 19.0. The Hall–Kier alpha value is -3.97. The second-order valence-electron chi connectivity index (χ2n) is 6.97. The standard InChI is InChI=1S/C24H19N5OS/c30-22(25-19-14-8-3-9-15-19)21(18-12-6-2-7-13-18)27-23-28-29-16-20(26-24(29)31-23)17-10-4-1-5-11-17/h1-16,21H,(H,25,30)(H,27,28)/t21-/m0/s1. The fraction of sp³-hybridized carbons (Fsp3) is 0.0417. The number of anilines is 2. The molecule has 6 nitrogen and oxygen atoms in total. The van der Waals surface area contributed by atoms with Crippen molar-refractivity contribution in [3.05, 3.63) is 103 Å². The summed E-state index contributed by atoms with van der Waals surface area (Å²) in [5, 5.41) is 11.5. The highest BCUT2D eigenvalue weighted by molar-refractivity contribution is 7.20. The van der Waals surface area contributed by atoms with Crippen molar-refractivity contribution in [2.24, 2.45) is 0 Å². The second-order valence-corrected chi connectivity index (χ2v) is 7.93.